The van der Waals surface area contributed by atoms with Gasteiger partial charge in [0.15, 0.2) is 0 Å². The van der Waals surface area contributed by atoms with Crippen LogP contribution in [0.5, 0.6) is 5.75 Å². The highest BCUT2D eigenvalue weighted by atomic mass is 19.4. The number of nitrogens with zero attached hydrogens (tertiary/aromatic N) is 1. The number of benzene rings is 1. The van der Waals surface area contributed by atoms with Gasteiger partial charge in [-0.3, -0.25) is 10.1 Å². The third kappa shape index (κ3) is 3.47. The molecule has 0 radical (unpaired) electrons. The molecule has 4 nitrogen and oxygen atoms in total. The van der Waals surface area contributed by atoms with E-state index in [0.717, 1.165) is 12.1 Å². The molecule has 7 heteroatoms. The zero-order valence-electron chi connectivity index (χ0n) is 9.40. The molecule has 0 bridgehead atoms. The number of ether oxygens (including phenoxy) is 1. The Kier molecular flexibility index (Phi) is 3.95. The summed E-state index contributed by atoms with van der Waals surface area (Å²) in [7, 11) is 0. The van der Waals surface area contributed by atoms with Crippen LogP contribution in [0.25, 0.3) is 0 Å². The van der Waals surface area contributed by atoms with Crippen LogP contribution in [0.15, 0.2) is 30.9 Å². The molecule has 18 heavy (non-hydrogen) atoms. The van der Waals surface area contributed by atoms with E-state index in [0.29, 0.717) is 5.56 Å². The van der Waals surface area contributed by atoms with Crippen molar-refractivity contribution in [3.05, 3.63) is 46.5 Å². The lowest BCUT2D eigenvalue weighted by molar-refractivity contribution is -0.388. The quantitative estimate of drug-likeness (QED) is 0.470. The van der Waals surface area contributed by atoms with Gasteiger partial charge in [0.1, 0.15) is 0 Å². The fourth-order valence-corrected chi connectivity index (χ4v) is 1.31. The highest BCUT2D eigenvalue weighted by molar-refractivity contribution is 5.50. The van der Waals surface area contributed by atoms with Crippen molar-refractivity contribution in [1.82, 2.24) is 0 Å². The molecule has 1 atom stereocenters. The van der Waals surface area contributed by atoms with E-state index in [1.807, 2.05) is 0 Å². The van der Waals surface area contributed by atoms with Gasteiger partial charge in [0.2, 0.25) is 5.75 Å². The lowest BCUT2D eigenvalue weighted by Gasteiger charge is -2.11. The maximum atomic E-state index is 12.0. The molecule has 0 N–H and O–H groups in total. The lowest BCUT2D eigenvalue weighted by atomic mass is 10.0. The van der Waals surface area contributed by atoms with E-state index in [-0.39, 0.29) is 5.92 Å². The summed E-state index contributed by atoms with van der Waals surface area (Å²) in [5, 5.41) is 10.7. The van der Waals surface area contributed by atoms with E-state index in [9.17, 15) is 23.3 Å². The summed E-state index contributed by atoms with van der Waals surface area (Å²) in [6.45, 7) is 5.23. The molecule has 1 aromatic carbocycles. The number of hydrogen-bond acceptors (Lipinski definition) is 3. The average Bonchev–Trinajstić information content (AvgIpc) is 2.26. The third-order valence-electron chi connectivity index (χ3n) is 2.28. The zero-order chi connectivity index (χ0) is 13.9. The molecular weight excluding hydrogens is 251 g/mol. The van der Waals surface area contributed by atoms with Gasteiger partial charge in [-0.1, -0.05) is 19.1 Å². The van der Waals surface area contributed by atoms with E-state index in [1.54, 1.807) is 6.92 Å². The fraction of sp³-hybridized carbons (Fsp3) is 0.273. The Morgan fingerprint density at radius 1 is 1.50 bits per heavy atom. The summed E-state index contributed by atoms with van der Waals surface area (Å²) in [5.74, 6) is -1.03. The second-order valence-corrected chi connectivity index (χ2v) is 3.56. The zero-order valence-corrected chi connectivity index (χ0v) is 9.40. The van der Waals surface area contributed by atoms with E-state index >= 15 is 0 Å². The van der Waals surface area contributed by atoms with Crippen LogP contribution in [-0.2, 0) is 0 Å². The van der Waals surface area contributed by atoms with Crippen molar-refractivity contribution in [2.24, 2.45) is 0 Å². The SMILES string of the molecule is C=CC(C)c1ccc(OC(F)(F)F)c([N+](=O)[O-])c1. The van der Waals surface area contributed by atoms with Gasteiger partial charge < -0.3 is 4.74 Å². The van der Waals surface area contributed by atoms with Crippen LogP contribution in [0.3, 0.4) is 0 Å². The molecule has 1 rings (SSSR count). The van der Waals surface area contributed by atoms with Gasteiger partial charge in [-0.25, -0.2) is 0 Å². The van der Waals surface area contributed by atoms with Crippen LogP contribution >= 0.6 is 0 Å². The lowest BCUT2D eigenvalue weighted by Crippen LogP contribution is -2.18. The van der Waals surface area contributed by atoms with Crippen LogP contribution in [0.4, 0.5) is 18.9 Å². The first-order valence-electron chi connectivity index (χ1n) is 4.91. The number of nitro benzene ring substituents is 1. The van der Waals surface area contributed by atoms with Gasteiger partial charge in [0.05, 0.1) is 4.92 Å². The summed E-state index contributed by atoms with van der Waals surface area (Å²) < 4.78 is 39.7. The number of rotatable bonds is 4. The minimum absolute atomic E-state index is 0.205. The van der Waals surface area contributed by atoms with Gasteiger partial charge in [0.25, 0.3) is 0 Å². The minimum atomic E-state index is -4.96. The first-order chi connectivity index (χ1) is 8.24. The number of allylic oxidation sites excluding steroid dienone is 1. The molecule has 0 aliphatic carbocycles. The molecule has 0 saturated heterocycles. The summed E-state index contributed by atoms with van der Waals surface area (Å²) >= 11 is 0. The molecule has 1 aromatic rings. The molecule has 0 heterocycles. The molecular formula is C11H10F3NO3. The van der Waals surface area contributed by atoms with Crippen molar-refractivity contribution in [2.45, 2.75) is 19.2 Å². The minimum Gasteiger partial charge on any atom is -0.398 e. The Labute approximate surface area is 101 Å². The predicted molar refractivity (Wildman–Crippen MR) is 58.4 cm³/mol. The molecule has 0 spiro atoms. The molecule has 0 amide bonds. The van der Waals surface area contributed by atoms with E-state index in [4.69, 9.17) is 0 Å². The molecule has 0 aliphatic heterocycles. The molecule has 0 fully saturated rings. The van der Waals surface area contributed by atoms with E-state index in [1.165, 1.54) is 12.1 Å². The monoisotopic (exact) mass is 261 g/mol. The van der Waals surface area contributed by atoms with Crippen LogP contribution in [-0.4, -0.2) is 11.3 Å². The molecule has 1 unspecified atom stereocenters. The van der Waals surface area contributed by atoms with Crippen molar-refractivity contribution in [1.29, 1.82) is 0 Å². The van der Waals surface area contributed by atoms with Crippen molar-refractivity contribution in [3.8, 4) is 5.75 Å². The Bertz CT molecular complexity index is 471. The van der Waals surface area contributed by atoms with Crippen molar-refractivity contribution in [2.75, 3.05) is 0 Å². The Balaban J connectivity index is 3.21. The molecule has 98 valence electrons. The number of alkyl halides is 3. The molecule has 0 aromatic heterocycles. The van der Waals surface area contributed by atoms with Crippen LogP contribution in [0.1, 0.15) is 18.4 Å². The van der Waals surface area contributed by atoms with Crippen molar-refractivity contribution >= 4 is 5.69 Å². The Hall–Kier alpha value is -2.05. The highest BCUT2D eigenvalue weighted by Crippen LogP contribution is 2.34. The topological polar surface area (TPSA) is 52.4 Å². The van der Waals surface area contributed by atoms with Crippen LogP contribution in [0.2, 0.25) is 0 Å². The van der Waals surface area contributed by atoms with Crippen LogP contribution < -0.4 is 4.74 Å². The van der Waals surface area contributed by atoms with E-state index < -0.39 is 22.7 Å². The first kappa shape index (κ1) is 14.0. The first-order valence-corrected chi connectivity index (χ1v) is 4.91. The Morgan fingerprint density at radius 2 is 2.11 bits per heavy atom. The van der Waals surface area contributed by atoms with Gasteiger partial charge in [-0.05, 0) is 17.5 Å². The van der Waals surface area contributed by atoms with Crippen molar-refractivity contribution < 1.29 is 22.8 Å². The largest absolute Gasteiger partial charge is 0.573 e. The van der Waals surface area contributed by atoms with Gasteiger partial charge in [-0.15, -0.1) is 19.8 Å². The second kappa shape index (κ2) is 5.07. The summed E-state index contributed by atoms with van der Waals surface area (Å²) in [6.07, 6.45) is -3.43. The normalized spacial score (nSPS) is 12.9. The van der Waals surface area contributed by atoms with Gasteiger partial charge in [-0.2, -0.15) is 0 Å². The maximum Gasteiger partial charge on any atom is 0.573 e. The maximum absolute atomic E-state index is 12.0. The van der Waals surface area contributed by atoms with Crippen molar-refractivity contribution in [3.63, 3.8) is 0 Å². The highest BCUT2D eigenvalue weighted by Gasteiger charge is 2.34. The summed E-state index contributed by atoms with van der Waals surface area (Å²) in [5.41, 5.74) is -0.232. The summed E-state index contributed by atoms with van der Waals surface area (Å²) in [4.78, 5) is 9.79. The molecule has 0 saturated carbocycles. The second-order valence-electron chi connectivity index (χ2n) is 3.56. The van der Waals surface area contributed by atoms with Gasteiger partial charge >= 0.3 is 12.0 Å². The molecule has 0 aliphatic rings. The number of nitro groups is 1. The smallest absolute Gasteiger partial charge is 0.398 e. The number of hydrogen-bond donors (Lipinski definition) is 0. The average molecular weight is 261 g/mol. The fourth-order valence-electron chi connectivity index (χ4n) is 1.31. The standard InChI is InChI=1S/C11H10F3NO3/c1-3-7(2)8-4-5-10(18-11(12,13)14)9(6-8)15(16)17/h3-7H,1H2,2H3. The predicted octanol–water partition coefficient (Wildman–Crippen LogP) is 3.78. The Morgan fingerprint density at radius 3 is 2.56 bits per heavy atom. The van der Waals surface area contributed by atoms with Gasteiger partial charge in [0, 0.05) is 6.07 Å². The number of halogens is 3. The summed E-state index contributed by atoms with van der Waals surface area (Å²) in [6, 6.07) is 3.31. The van der Waals surface area contributed by atoms with Crippen LogP contribution in [0, 0.1) is 10.1 Å². The van der Waals surface area contributed by atoms with E-state index in [2.05, 4.69) is 11.3 Å². The third-order valence-corrected chi connectivity index (χ3v) is 2.28.